The monoisotopic (exact) mass is 522 g/mol. The van der Waals surface area contributed by atoms with E-state index < -0.39 is 24.8 Å². The highest BCUT2D eigenvalue weighted by Gasteiger charge is 2.39. The number of hydrogen-bond donors (Lipinski definition) is 2. The van der Waals surface area contributed by atoms with Crippen molar-refractivity contribution in [3.8, 4) is 11.5 Å². The van der Waals surface area contributed by atoms with Gasteiger partial charge in [-0.2, -0.15) is 13.2 Å². The Labute approximate surface area is 214 Å². The van der Waals surface area contributed by atoms with Crippen molar-refractivity contribution in [3.05, 3.63) is 60.2 Å². The number of hydrogen-bond acceptors (Lipinski definition) is 6. The van der Waals surface area contributed by atoms with Crippen molar-refractivity contribution in [2.45, 2.75) is 62.8 Å². The van der Waals surface area contributed by atoms with Gasteiger partial charge in [0, 0.05) is 25.7 Å². The molecule has 0 aliphatic carbocycles. The van der Waals surface area contributed by atoms with Crippen LogP contribution in [-0.4, -0.2) is 72.7 Å². The molecule has 7 nitrogen and oxygen atoms in total. The van der Waals surface area contributed by atoms with Crippen LogP contribution in [0.25, 0.3) is 0 Å². The maximum absolute atomic E-state index is 12.8. The Hall–Kier alpha value is -2.66. The van der Waals surface area contributed by atoms with Gasteiger partial charge in [-0.25, -0.2) is 0 Å². The van der Waals surface area contributed by atoms with Gasteiger partial charge in [0.25, 0.3) is 0 Å². The molecule has 2 aliphatic heterocycles. The Morgan fingerprint density at radius 3 is 2.51 bits per heavy atom. The van der Waals surface area contributed by atoms with Crippen LogP contribution in [-0.2, 0) is 20.8 Å². The molecule has 0 saturated carbocycles. The van der Waals surface area contributed by atoms with Crippen LogP contribution in [0.5, 0.6) is 11.5 Å². The third-order valence-corrected chi connectivity index (χ3v) is 6.57. The van der Waals surface area contributed by atoms with Crippen LogP contribution in [0, 0.1) is 0 Å². The molecule has 2 aromatic rings. The van der Waals surface area contributed by atoms with Crippen LogP contribution in [0.4, 0.5) is 13.2 Å². The topological polar surface area (TPSA) is 80.3 Å². The number of aliphatic hydroxyl groups is 1. The molecule has 2 saturated heterocycles. The van der Waals surface area contributed by atoms with Crippen LogP contribution >= 0.6 is 0 Å². The van der Waals surface area contributed by atoms with E-state index in [0.717, 1.165) is 11.3 Å². The molecule has 10 heteroatoms. The highest BCUT2D eigenvalue weighted by molar-refractivity contribution is 5.76. The fourth-order valence-corrected chi connectivity index (χ4v) is 4.75. The summed E-state index contributed by atoms with van der Waals surface area (Å²) in [6.45, 7) is 0.455. The summed E-state index contributed by atoms with van der Waals surface area (Å²) in [5, 5.41) is 13.0. The highest BCUT2D eigenvalue weighted by Crippen LogP contribution is 2.29. The number of fused-ring (bicyclic) bond motifs is 1. The zero-order chi connectivity index (χ0) is 26.3. The van der Waals surface area contributed by atoms with Crippen LogP contribution in [0.15, 0.2) is 54.6 Å². The van der Waals surface area contributed by atoms with E-state index in [4.69, 9.17) is 14.2 Å². The fraction of sp³-hybridized carbons (Fsp3) is 0.519. The lowest BCUT2D eigenvalue weighted by atomic mass is 9.94. The number of β-amino-alcohol motifs (C(OH)–C–C–N with tert-alkyl or cyclic N) is 1. The molecule has 2 heterocycles. The molecule has 0 radical (unpaired) electrons. The fourth-order valence-electron chi connectivity index (χ4n) is 4.75. The van der Waals surface area contributed by atoms with Gasteiger partial charge in [-0.1, -0.05) is 30.3 Å². The maximum atomic E-state index is 12.8. The SMILES string of the molecule is O=C(C[C@@H]1CC[C@H]2[C@@H](COC[C@H](O)CN2CCC(F)(F)F)O1)NCc1ccc(Oc2ccccc2)cc1. The zero-order valence-electron chi connectivity index (χ0n) is 20.5. The Bertz CT molecular complexity index is 990. The van der Waals surface area contributed by atoms with Crippen molar-refractivity contribution in [3.63, 3.8) is 0 Å². The molecule has 1 amide bonds. The minimum atomic E-state index is -4.27. The number of benzene rings is 2. The summed E-state index contributed by atoms with van der Waals surface area (Å²) in [6.07, 6.45) is -5.61. The van der Waals surface area contributed by atoms with E-state index in [-0.39, 0.29) is 50.8 Å². The van der Waals surface area contributed by atoms with Crippen molar-refractivity contribution in [2.75, 3.05) is 26.3 Å². The van der Waals surface area contributed by atoms with E-state index in [1.807, 2.05) is 54.6 Å². The first-order chi connectivity index (χ1) is 17.7. The molecule has 0 unspecified atom stereocenters. The molecule has 0 spiro atoms. The van der Waals surface area contributed by atoms with E-state index >= 15 is 0 Å². The molecule has 37 heavy (non-hydrogen) atoms. The molecular formula is C27H33F3N2O5. The highest BCUT2D eigenvalue weighted by atomic mass is 19.4. The minimum absolute atomic E-state index is 0.0371. The molecule has 2 aliphatic rings. The van der Waals surface area contributed by atoms with E-state index in [0.29, 0.717) is 25.1 Å². The Balaban J connectivity index is 1.25. The number of ether oxygens (including phenoxy) is 3. The van der Waals surface area contributed by atoms with Crippen molar-refractivity contribution in [1.82, 2.24) is 10.2 Å². The number of halogens is 3. The van der Waals surface area contributed by atoms with Gasteiger partial charge in [0.2, 0.25) is 5.91 Å². The summed E-state index contributed by atoms with van der Waals surface area (Å²) < 4.78 is 55.9. The van der Waals surface area contributed by atoms with E-state index in [1.165, 1.54) is 0 Å². The number of alkyl halides is 3. The average Bonchev–Trinajstić information content (AvgIpc) is 2.85. The largest absolute Gasteiger partial charge is 0.457 e. The number of nitrogens with zero attached hydrogens (tertiary/aromatic N) is 1. The smallest absolute Gasteiger partial charge is 0.390 e. The summed E-state index contributed by atoms with van der Waals surface area (Å²) in [7, 11) is 0. The van der Waals surface area contributed by atoms with Crippen LogP contribution in [0.2, 0.25) is 0 Å². The van der Waals surface area contributed by atoms with E-state index in [1.54, 1.807) is 4.90 Å². The Kier molecular flexibility index (Phi) is 9.42. The summed E-state index contributed by atoms with van der Waals surface area (Å²) in [5.74, 6) is 1.28. The van der Waals surface area contributed by atoms with Gasteiger partial charge >= 0.3 is 6.18 Å². The van der Waals surface area contributed by atoms with Gasteiger partial charge in [-0.05, 0) is 42.7 Å². The van der Waals surface area contributed by atoms with Crippen LogP contribution < -0.4 is 10.1 Å². The standard InChI is InChI=1S/C27H33F3N2O5/c28-27(29,30)12-13-32-16-20(33)17-35-18-25-24(32)11-10-23(37-25)14-26(34)31-15-19-6-8-22(9-7-19)36-21-4-2-1-3-5-21/h1-9,20,23-25,33H,10-18H2,(H,31,34)/t20-,23+,24+,25-/m1/s1. The maximum Gasteiger partial charge on any atom is 0.390 e. The summed E-state index contributed by atoms with van der Waals surface area (Å²) >= 11 is 0. The Morgan fingerprint density at radius 2 is 1.78 bits per heavy atom. The number of carbonyl (C=O) groups is 1. The predicted octanol–water partition coefficient (Wildman–Crippen LogP) is 4.05. The van der Waals surface area contributed by atoms with Crippen molar-refractivity contribution >= 4 is 5.91 Å². The van der Waals surface area contributed by atoms with Crippen molar-refractivity contribution in [2.24, 2.45) is 0 Å². The first kappa shape index (κ1) is 27.4. The average molecular weight is 523 g/mol. The molecule has 2 N–H and O–H groups in total. The molecular weight excluding hydrogens is 489 g/mol. The molecule has 4 rings (SSSR count). The van der Waals surface area contributed by atoms with E-state index in [2.05, 4.69) is 5.32 Å². The molecule has 2 fully saturated rings. The Morgan fingerprint density at radius 1 is 1.05 bits per heavy atom. The molecule has 202 valence electrons. The van der Waals surface area contributed by atoms with Gasteiger partial charge in [-0.15, -0.1) is 0 Å². The van der Waals surface area contributed by atoms with Crippen LogP contribution in [0.1, 0.15) is 31.2 Å². The summed E-state index contributed by atoms with van der Waals surface area (Å²) in [5.41, 5.74) is 0.922. The van der Waals surface area contributed by atoms with Gasteiger partial charge in [0.15, 0.2) is 0 Å². The third-order valence-electron chi connectivity index (χ3n) is 6.57. The second-order valence-electron chi connectivity index (χ2n) is 9.53. The first-order valence-corrected chi connectivity index (χ1v) is 12.6. The lowest BCUT2D eigenvalue weighted by Gasteiger charge is -2.44. The van der Waals surface area contributed by atoms with Crippen molar-refractivity contribution in [1.29, 1.82) is 0 Å². The summed E-state index contributed by atoms with van der Waals surface area (Å²) in [6, 6.07) is 16.6. The van der Waals surface area contributed by atoms with Crippen LogP contribution in [0.3, 0.4) is 0 Å². The molecule has 2 aromatic carbocycles. The normalized spacial score (nSPS) is 25.0. The first-order valence-electron chi connectivity index (χ1n) is 12.6. The molecule has 4 atom stereocenters. The number of rotatable bonds is 8. The predicted molar refractivity (Wildman–Crippen MR) is 130 cm³/mol. The minimum Gasteiger partial charge on any atom is -0.457 e. The second-order valence-corrected chi connectivity index (χ2v) is 9.53. The number of nitrogens with one attached hydrogen (secondary N) is 1. The van der Waals surface area contributed by atoms with Gasteiger partial charge in [-0.3, -0.25) is 9.69 Å². The van der Waals surface area contributed by atoms with Gasteiger partial charge in [0.05, 0.1) is 44.4 Å². The van der Waals surface area contributed by atoms with Crippen molar-refractivity contribution < 1.29 is 37.3 Å². The second kappa shape index (κ2) is 12.7. The number of amides is 1. The molecule has 0 aromatic heterocycles. The van der Waals surface area contributed by atoms with E-state index in [9.17, 15) is 23.1 Å². The zero-order valence-corrected chi connectivity index (χ0v) is 20.5. The lowest BCUT2D eigenvalue weighted by molar-refractivity contribution is -0.169. The third kappa shape index (κ3) is 8.70. The van der Waals surface area contributed by atoms with Gasteiger partial charge in [0.1, 0.15) is 11.5 Å². The quantitative estimate of drug-likeness (QED) is 0.545. The van der Waals surface area contributed by atoms with Gasteiger partial charge < -0.3 is 24.6 Å². The number of carbonyl (C=O) groups excluding carboxylic acids is 1. The number of aliphatic hydroxyl groups excluding tert-OH is 1. The number of para-hydroxylation sites is 1. The summed E-state index contributed by atoms with van der Waals surface area (Å²) in [4.78, 5) is 14.2. The molecule has 0 bridgehead atoms. The lowest BCUT2D eigenvalue weighted by Crippen LogP contribution is -2.56.